The number of rotatable bonds is 4. The zero-order chi connectivity index (χ0) is 13.5. The van der Waals surface area contributed by atoms with Crippen LogP contribution in [0.4, 0.5) is 0 Å². The largest absolute Gasteiger partial charge is 0.480 e. The van der Waals surface area contributed by atoms with Gasteiger partial charge in [0.1, 0.15) is 5.54 Å². The average Bonchev–Trinajstić information content (AvgIpc) is 3.04. The molecular weight excluding hydrogens is 242 g/mol. The number of hydrogen-bond acceptors (Lipinski definition) is 2. The van der Waals surface area contributed by atoms with Crippen molar-refractivity contribution in [2.24, 2.45) is 17.8 Å². The van der Waals surface area contributed by atoms with Gasteiger partial charge in [-0.1, -0.05) is 25.0 Å². The number of aliphatic carboxylic acids is 1. The number of fused-ring (bicyclic) bond motifs is 2. The molecule has 0 saturated heterocycles. The fourth-order valence-corrected chi connectivity index (χ4v) is 4.06. The molecule has 0 aromatic heterocycles. The van der Waals surface area contributed by atoms with Crippen LogP contribution in [0.5, 0.6) is 0 Å². The smallest absolute Gasteiger partial charge is 0.329 e. The average molecular weight is 263 g/mol. The van der Waals surface area contributed by atoms with Crippen LogP contribution in [0, 0.1) is 17.8 Å². The summed E-state index contributed by atoms with van der Waals surface area (Å²) in [5.74, 6) is 0.673. The van der Waals surface area contributed by atoms with Crippen molar-refractivity contribution in [2.45, 2.75) is 50.5 Å². The second-order valence-electron chi connectivity index (χ2n) is 6.39. The summed E-state index contributed by atoms with van der Waals surface area (Å²) in [5.41, 5.74) is -0.982. The minimum Gasteiger partial charge on any atom is -0.480 e. The van der Waals surface area contributed by atoms with Gasteiger partial charge in [0.15, 0.2) is 0 Å². The molecule has 3 rings (SSSR count). The predicted molar refractivity (Wildman–Crippen MR) is 70.4 cm³/mol. The molecule has 3 aliphatic carbocycles. The zero-order valence-corrected chi connectivity index (χ0v) is 11.1. The Balaban J connectivity index is 1.59. The molecule has 2 fully saturated rings. The van der Waals surface area contributed by atoms with Crippen molar-refractivity contribution in [1.29, 1.82) is 0 Å². The molecular formula is C15H21NO3. The van der Waals surface area contributed by atoms with Crippen molar-refractivity contribution in [3.8, 4) is 0 Å². The number of carbonyl (C=O) groups is 2. The molecule has 2 bridgehead atoms. The van der Waals surface area contributed by atoms with E-state index in [1.54, 1.807) is 0 Å². The summed E-state index contributed by atoms with van der Waals surface area (Å²) < 4.78 is 0. The van der Waals surface area contributed by atoms with E-state index in [4.69, 9.17) is 0 Å². The molecule has 3 atom stereocenters. The van der Waals surface area contributed by atoms with Crippen molar-refractivity contribution in [1.82, 2.24) is 5.32 Å². The molecule has 4 nitrogen and oxygen atoms in total. The van der Waals surface area contributed by atoms with Gasteiger partial charge in [0.2, 0.25) is 5.91 Å². The van der Waals surface area contributed by atoms with E-state index in [9.17, 15) is 14.7 Å². The lowest BCUT2D eigenvalue weighted by molar-refractivity contribution is -0.147. The van der Waals surface area contributed by atoms with Crippen molar-refractivity contribution in [2.75, 3.05) is 0 Å². The van der Waals surface area contributed by atoms with Crippen LogP contribution in [0.1, 0.15) is 44.9 Å². The van der Waals surface area contributed by atoms with Gasteiger partial charge in [0, 0.05) is 6.42 Å². The van der Waals surface area contributed by atoms with Crippen LogP contribution in [0.15, 0.2) is 12.2 Å². The van der Waals surface area contributed by atoms with Crippen molar-refractivity contribution in [3.05, 3.63) is 12.2 Å². The third kappa shape index (κ3) is 2.28. The summed E-state index contributed by atoms with van der Waals surface area (Å²) in [5, 5.41) is 12.2. The minimum atomic E-state index is -0.982. The number of nitrogens with one attached hydrogen (secondary N) is 1. The highest BCUT2D eigenvalue weighted by Gasteiger charge is 2.43. The molecule has 1 amide bonds. The Morgan fingerprint density at radius 3 is 2.47 bits per heavy atom. The fraction of sp³-hybridized carbons (Fsp3) is 0.733. The molecule has 0 unspecified atom stereocenters. The molecule has 4 heteroatoms. The monoisotopic (exact) mass is 263 g/mol. The van der Waals surface area contributed by atoms with E-state index in [2.05, 4.69) is 17.5 Å². The molecule has 104 valence electrons. The van der Waals surface area contributed by atoms with Gasteiger partial charge >= 0.3 is 5.97 Å². The number of carboxylic acids is 1. The van der Waals surface area contributed by atoms with E-state index in [0.717, 1.165) is 19.3 Å². The summed E-state index contributed by atoms with van der Waals surface area (Å²) >= 11 is 0. The van der Waals surface area contributed by atoms with Gasteiger partial charge in [0.05, 0.1) is 0 Å². The van der Waals surface area contributed by atoms with Crippen molar-refractivity contribution < 1.29 is 14.7 Å². The first-order chi connectivity index (χ1) is 9.09. The van der Waals surface area contributed by atoms with E-state index in [1.807, 2.05) is 0 Å². The molecule has 0 spiro atoms. The summed E-state index contributed by atoms with van der Waals surface area (Å²) in [6.45, 7) is 0. The van der Waals surface area contributed by atoms with Gasteiger partial charge in [-0.3, -0.25) is 4.79 Å². The highest BCUT2D eigenvalue weighted by molar-refractivity contribution is 5.87. The molecule has 2 N–H and O–H groups in total. The molecule has 2 saturated carbocycles. The maximum absolute atomic E-state index is 12.1. The second kappa shape index (κ2) is 4.66. The molecule has 0 radical (unpaired) electrons. The number of carbonyl (C=O) groups excluding carboxylic acids is 1. The number of amides is 1. The van der Waals surface area contributed by atoms with Crippen LogP contribution in [0.2, 0.25) is 0 Å². The van der Waals surface area contributed by atoms with Crippen LogP contribution in [-0.2, 0) is 9.59 Å². The van der Waals surface area contributed by atoms with Crippen LogP contribution in [0.25, 0.3) is 0 Å². The van der Waals surface area contributed by atoms with Gasteiger partial charge < -0.3 is 10.4 Å². The van der Waals surface area contributed by atoms with Gasteiger partial charge in [-0.05, 0) is 43.4 Å². The third-order valence-electron chi connectivity index (χ3n) is 5.11. The Kier molecular flexibility index (Phi) is 3.11. The maximum atomic E-state index is 12.1. The Labute approximate surface area is 113 Å². The van der Waals surface area contributed by atoms with Gasteiger partial charge in [0.25, 0.3) is 0 Å². The van der Waals surface area contributed by atoms with Crippen LogP contribution in [0.3, 0.4) is 0 Å². The zero-order valence-electron chi connectivity index (χ0n) is 11.1. The first kappa shape index (κ1) is 12.7. The SMILES string of the molecule is O=C(C[C@@H]1C[C@@H]2C=C[C@H]1C2)NC1(C(=O)O)CCCC1. The maximum Gasteiger partial charge on any atom is 0.329 e. The quantitative estimate of drug-likeness (QED) is 0.763. The number of allylic oxidation sites excluding steroid dienone is 2. The van der Waals surface area contributed by atoms with Crippen molar-refractivity contribution >= 4 is 11.9 Å². The first-order valence-corrected chi connectivity index (χ1v) is 7.32. The Morgan fingerprint density at radius 2 is 1.95 bits per heavy atom. The lowest BCUT2D eigenvalue weighted by Crippen LogP contribution is -2.52. The Morgan fingerprint density at radius 1 is 1.21 bits per heavy atom. The van der Waals surface area contributed by atoms with Crippen LogP contribution >= 0.6 is 0 Å². The molecule has 0 heterocycles. The van der Waals surface area contributed by atoms with Gasteiger partial charge in [-0.25, -0.2) is 4.79 Å². The van der Waals surface area contributed by atoms with Crippen molar-refractivity contribution in [3.63, 3.8) is 0 Å². The molecule has 19 heavy (non-hydrogen) atoms. The lowest BCUT2D eigenvalue weighted by atomic mass is 9.89. The lowest BCUT2D eigenvalue weighted by Gasteiger charge is -2.27. The second-order valence-corrected chi connectivity index (χ2v) is 6.39. The number of hydrogen-bond donors (Lipinski definition) is 2. The summed E-state index contributed by atoms with van der Waals surface area (Å²) in [6, 6.07) is 0. The topological polar surface area (TPSA) is 66.4 Å². The van der Waals surface area contributed by atoms with E-state index < -0.39 is 11.5 Å². The van der Waals surface area contributed by atoms with E-state index in [1.165, 1.54) is 6.42 Å². The Hall–Kier alpha value is -1.32. The molecule has 0 aromatic rings. The van der Waals surface area contributed by atoms with E-state index in [-0.39, 0.29) is 5.91 Å². The highest BCUT2D eigenvalue weighted by atomic mass is 16.4. The summed E-state index contributed by atoms with van der Waals surface area (Å²) in [6.07, 6.45) is 10.2. The van der Waals surface area contributed by atoms with Crippen LogP contribution < -0.4 is 5.32 Å². The van der Waals surface area contributed by atoms with E-state index in [0.29, 0.717) is 37.0 Å². The molecule has 0 aliphatic heterocycles. The van der Waals surface area contributed by atoms with Gasteiger partial charge in [-0.15, -0.1) is 0 Å². The van der Waals surface area contributed by atoms with Crippen LogP contribution in [-0.4, -0.2) is 22.5 Å². The predicted octanol–water partition coefficient (Wildman–Crippen LogP) is 2.10. The minimum absolute atomic E-state index is 0.0738. The Bertz CT molecular complexity index is 423. The molecule has 3 aliphatic rings. The third-order valence-corrected chi connectivity index (χ3v) is 5.11. The standard InChI is InChI=1S/C15H21NO3/c17-13(9-12-8-10-3-4-11(12)7-10)16-15(14(18)19)5-1-2-6-15/h3-4,10-12H,1-2,5-9H2,(H,16,17)(H,18,19)/t10-,11+,12+/m1/s1. The first-order valence-electron chi connectivity index (χ1n) is 7.32. The van der Waals surface area contributed by atoms with E-state index >= 15 is 0 Å². The summed E-state index contributed by atoms with van der Waals surface area (Å²) in [7, 11) is 0. The normalized spacial score (nSPS) is 34.6. The fourth-order valence-electron chi connectivity index (χ4n) is 4.06. The highest BCUT2D eigenvalue weighted by Crippen LogP contribution is 2.45. The number of carboxylic acid groups (broad SMARTS) is 1. The van der Waals surface area contributed by atoms with Gasteiger partial charge in [-0.2, -0.15) is 0 Å². The molecule has 0 aromatic carbocycles. The summed E-state index contributed by atoms with van der Waals surface area (Å²) in [4.78, 5) is 23.5.